The third kappa shape index (κ3) is 3.70. The van der Waals surface area contributed by atoms with Crippen molar-refractivity contribution >= 4 is 5.91 Å². The molecule has 28 heavy (non-hydrogen) atoms. The standard InChI is InChI=1S/C23H25N3O2/c1-3-20-6-4-5-15-26(20)23(27)19-13-11-18(12-14-19)22-25-24-21(28-22)17-9-7-16(2)8-10-17/h7-14,20H,3-6,15H2,1-2H3. The molecule has 4 rings (SSSR count). The van der Waals surface area contributed by atoms with Crippen LogP contribution in [0.15, 0.2) is 52.9 Å². The maximum Gasteiger partial charge on any atom is 0.254 e. The van der Waals surface area contributed by atoms with Gasteiger partial charge >= 0.3 is 0 Å². The Morgan fingerprint density at radius 2 is 1.61 bits per heavy atom. The molecular formula is C23H25N3O2. The molecule has 2 heterocycles. The lowest BCUT2D eigenvalue weighted by Gasteiger charge is -2.35. The van der Waals surface area contributed by atoms with Gasteiger partial charge in [-0.05, 0) is 69.0 Å². The summed E-state index contributed by atoms with van der Waals surface area (Å²) in [7, 11) is 0. The zero-order chi connectivity index (χ0) is 19.5. The maximum atomic E-state index is 12.9. The van der Waals surface area contributed by atoms with Gasteiger partial charge in [-0.25, -0.2) is 0 Å². The monoisotopic (exact) mass is 375 g/mol. The molecule has 1 aliphatic rings. The van der Waals surface area contributed by atoms with Gasteiger partial charge in [0.25, 0.3) is 5.91 Å². The molecule has 0 saturated carbocycles. The van der Waals surface area contributed by atoms with E-state index in [-0.39, 0.29) is 5.91 Å². The molecule has 5 heteroatoms. The highest BCUT2D eigenvalue weighted by atomic mass is 16.4. The third-order valence-electron chi connectivity index (χ3n) is 5.46. The normalized spacial score (nSPS) is 16.9. The molecule has 144 valence electrons. The summed E-state index contributed by atoms with van der Waals surface area (Å²) in [6, 6.07) is 15.8. The molecule has 1 aromatic heterocycles. The topological polar surface area (TPSA) is 59.2 Å². The van der Waals surface area contributed by atoms with Crippen LogP contribution in [0.1, 0.15) is 48.5 Å². The van der Waals surface area contributed by atoms with E-state index in [1.807, 2.05) is 60.4 Å². The van der Waals surface area contributed by atoms with Gasteiger partial charge in [-0.2, -0.15) is 0 Å². The van der Waals surface area contributed by atoms with Gasteiger partial charge in [0, 0.05) is 29.3 Å². The van der Waals surface area contributed by atoms with E-state index in [9.17, 15) is 4.79 Å². The van der Waals surface area contributed by atoms with Gasteiger partial charge in [0.05, 0.1) is 0 Å². The molecule has 3 aromatic rings. The van der Waals surface area contributed by atoms with Crippen molar-refractivity contribution in [2.24, 2.45) is 0 Å². The predicted octanol–water partition coefficient (Wildman–Crippen LogP) is 5.12. The zero-order valence-electron chi connectivity index (χ0n) is 16.4. The summed E-state index contributed by atoms with van der Waals surface area (Å²) in [6.45, 7) is 5.04. The van der Waals surface area contributed by atoms with Crippen molar-refractivity contribution < 1.29 is 9.21 Å². The number of carbonyl (C=O) groups is 1. The summed E-state index contributed by atoms with van der Waals surface area (Å²) < 4.78 is 5.83. The highest BCUT2D eigenvalue weighted by Gasteiger charge is 2.26. The Kier molecular flexibility index (Phi) is 5.24. The van der Waals surface area contributed by atoms with Crippen LogP contribution in [-0.4, -0.2) is 33.6 Å². The summed E-state index contributed by atoms with van der Waals surface area (Å²) in [5, 5.41) is 8.32. The number of nitrogens with zero attached hydrogens (tertiary/aromatic N) is 3. The number of aryl methyl sites for hydroxylation is 1. The van der Waals surface area contributed by atoms with Crippen molar-refractivity contribution in [1.82, 2.24) is 15.1 Å². The number of amides is 1. The molecule has 2 aromatic carbocycles. The Hall–Kier alpha value is -2.95. The minimum Gasteiger partial charge on any atom is -0.416 e. The van der Waals surface area contributed by atoms with Crippen molar-refractivity contribution in [2.75, 3.05) is 6.54 Å². The molecule has 1 aliphatic heterocycles. The van der Waals surface area contributed by atoms with E-state index < -0.39 is 0 Å². The molecule has 0 radical (unpaired) electrons. The second-order valence-electron chi connectivity index (χ2n) is 7.41. The largest absolute Gasteiger partial charge is 0.416 e. The molecule has 1 saturated heterocycles. The van der Waals surface area contributed by atoms with Crippen molar-refractivity contribution in [1.29, 1.82) is 0 Å². The van der Waals surface area contributed by atoms with Crippen molar-refractivity contribution in [2.45, 2.75) is 45.6 Å². The summed E-state index contributed by atoms with van der Waals surface area (Å²) in [5.41, 5.74) is 3.60. The summed E-state index contributed by atoms with van der Waals surface area (Å²) in [4.78, 5) is 14.9. The number of rotatable bonds is 4. The number of benzene rings is 2. The van der Waals surface area contributed by atoms with Gasteiger partial charge in [-0.15, -0.1) is 10.2 Å². The van der Waals surface area contributed by atoms with Crippen LogP contribution in [0.4, 0.5) is 0 Å². The van der Waals surface area contributed by atoms with Gasteiger partial charge in [0.15, 0.2) is 0 Å². The number of aromatic nitrogens is 2. The van der Waals surface area contributed by atoms with E-state index in [4.69, 9.17) is 4.42 Å². The van der Waals surface area contributed by atoms with Gasteiger partial charge in [0.2, 0.25) is 11.8 Å². The lowest BCUT2D eigenvalue weighted by Crippen LogP contribution is -2.43. The molecule has 1 atom stereocenters. The average Bonchev–Trinajstić information content (AvgIpc) is 3.24. The summed E-state index contributed by atoms with van der Waals surface area (Å²) in [6.07, 6.45) is 4.41. The molecular weight excluding hydrogens is 350 g/mol. The first kappa shape index (κ1) is 18.4. The van der Waals surface area contributed by atoms with Crippen molar-refractivity contribution in [3.63, 3.8) is 0 Å². The number of hydrogen-bond donors (Lipinski definition) is 0. The van der Waals surface area contributed by atoms with Crippen molar-refractivity contribution in [3.8, 4) is 22.9 Å². The van der Waals surface area contributed by atoms with Crippen LogP contribution in [0.2, 0.25) is 0 Å². The van der Waals surface area contributed by atoms with Crippen LogP contribution >= 0.6 is 0 Å². The summed E-state index contributed by atoms with van der Waals surface area (Å²) >= 11 is 0. The van der Waals surface area contributed by atoms with Crippen molar-refractivity contribution in [3.05, 3.63) is 59.7 Å². The quantitative estimate of drug-likeness (QED) is 0.635. The summed E-state index contributed by atoms with van der Waals surface area (Å²) in [5.74, 6) is 1.07. The van der Waals surface area contributed by atoms with Crippen LogP contribution in [0, 0.1) is 6.92 Å². The predicted molar refractivity (Wildman–Crippen MR) is 109 cm³/mol. The lowest BCUT2D eigenvalue weighted by atomic mass is 9.98. The lowest BCUT2D eigenvalue weighted by molar-refractivity contribution is 0.0608. The second-order valence-corrected chi connectivity index (χ2v) is 7.41. The van der Waals surface area contributed by atoms with E-state index in [0.29, 0.717) is 23.4 Å². The molecule has 1 fully saturated rings. The molecule has 5 nitrogen and oxygen atoms in total. The Balaban J connectivity index is 1.52. The Morgan fingerprint density at radius 1 is 1.00 bits per heavy atom. The maximum absolute atomic E-state index is 12.9. The third-order valence-corrected chi connectivity index (χ3v) is 5.46. The van der Waals surface area contributed by atoms with Crippen LogP contribution in [-0.2, 0) is 0 Å². The van der Waals surface area contributed by atoms with Crippen LogP contribution in [0.5, 0.6) is 0 Å². The SMILES string of the molecule is CCC1CCCCN1C(=O)c1ccc(-c2nnc(-c3ccc(C)cc3)o2)cc1. The smallest absolute Gasteiger partial charge is 0.254 e. The Bertz CT molecular complexity index is 945. The Labute approximate surface area is 165 Å². The molecule has 0 N–H and O–H groups in total. The fraction of sp³-hybridized carbons (Fsp3) is 0.348. The van der Waals surface area contributed by atoms with Gasteiger partial charge in [0.1, 0.15) is 0 Å². The number of hydrogen-bond acceptors (Lipinski definition) is 4. The number of carbonyl (C=O) groups excluding carboxylic acids is 1. The first-order chi connectivity index (χ1) is 13.7. The molecule has 0 aliphatic carbocycles. The van der Waals surface area contributed by atoms with Gasteiger partial charge in [-0.3, -0.25) is 4.79 Å². The van der Waals surface area contributed by atoms with Gasteiger partial charge < -0.3 is 9.32 Å². The fourth-order valence-corrected chi connectivity index (χ4v) is 3.77. The average molecular weight is 375 g/mol. The number of piperidine rings is 1. The van der Waals surface area contributed by atoms with E-state index in [1.54, 1.807) is 0 Å². The molecule has 1 amide bonds. The second kappa shape index (κ2) is 7.97. The first-order valence-electron chi connectivity index (χ1n) is 9.97. The molecule has 0 bridgehead atoms. The Morgan fingerprint density at radius 3 is 2.21 bits per heavy atom. The number of likely N-dealkylation sites (tertiary alicyclic amines) is 1. The van der Waals surface area contributed by atoms with E-state index >= 15 is 0 Å². The highest BCUT2D eigenvalue weighted by molar-refractivity contribution is 5.94. The molecule has 1 unspecified atom stereocenters. The van der Waals surface area contributed by atoms with Gasteiger partial charge in [-0.1, -0.05) is 24.6 Å². The van der Waals surface area contributed by atoms with E-state index in [2.05, 4.69) is 17.1 Å². The minimum atomic E-state index is 0.115. The highest BCUT2D eigenvalue weighted by Crippen LogP contribution is 2.26. The van der Waals surface area contributed by atoms with Crippen LogP contribution < -0.4 is 0 Å². The molecule has 0 spiro atoms. The first-order valence-corrected chi connectivity index (χ1v) is 9.97. The zero-order valence-corrected chi connectivity index (χ0v) is 16.4. The van der Waals surface area contributed by atoms with Crippen LogP contribution in [0.25, 0.3) is 22.9 Å². The fourth-order valence-electron chi connectivity index (χ4n) is 3.77. The minimum absolute atomic E-state index is 0.115. The van der Waals surface area contributed by atoms with E-state index in [1.165, 1.54) is 12.0 Å². The van der Waals surface area contributed by atoms with E-state index in [0.717, 1.165) is 36.9 Å². The van der Waals surface area contributed by atoms with Crippen LogP contribution in [0.3, 0.4) is 0 Å².